The first-order valence-corrected chi connectivity index (χ1v) is 4.75. The summed E-state index contributed by atoms with van der Waals surface area (Å²) in [5, 5.41) is 0. The molecule has 1 aliphatic heterocycles. The monoisotopic (exact) mass is 186 g/mol. The first-order valence-electron chi connectivity index (χ1n) is 4.75. The number of carbonyl (C=O) groups excluding carboxylic acids is 1. The summed E-state index contributed by atoms with van der Waals surface area (Å²) in [6, 6.07) is 0. The van der Waals surface area contributed by atoms with Crippen molar-refractivity contribution in [3.8, 4) is 0 Å². The van der Waals surface area contributed by atoms with E-state index in [0.717, 1.165) is 6.42 Å². The topological polar surface area (TPSA) is 35.5 Å². The molecule has 4 atom stereocenters. The second-order valence-electron chi connectivity index (χ2n) is 3.90. The van der Waals surface area contributed by atoms with Crippen LogP contribution in [0.15, 0.2) is 0 Å². The first kappa shape index (κ1) is 10.7. The van der Waals surface area contributed by atoms with E-state index in [1.165, 1.54) is 0 Å². The highest BCUT2D eigenvalue weighted by atomic mass is 16.7. The highest BCUT2D eigenvalue weighted by molar-refractivity contribution is 5.80. The number of ketones is 1. The van der Waals surface area contributed by atoms with Gasteiger partial charge in [0.25, 0.3) is 0 Å². The highest BCUT2D eigenvalue weighted by Gasteiger charge is 2.35. The van der Waals surface area contributed by atoms with Gasteiger partial charge in [0.15, 0.2) is 12.1 Å². The van der Waals surface area contributed by atoms with E-state index in [1.54, 1.807) is 14.0 Å². The van der Waals surface area contributed by atoms with Crippen molar-refractivity contribution >= 4 is 5.78 Å². The summed E-state index contributed by atoms with van der Waals surface area (Å²) in [4.78, 5) is 11.2. The number of hydrogen-bond donors (Lipinski definition) is 0. The van der Waals surface area contributed by atoms with Crippen LogP contribution in [0.25, 0.3) is 0 Å². The molecule has 1 rings (SSSR count). The molecule has 4 unspecified atom stereocenters. The van der Waals surface area contributed by atoms with Crippen LogP contribution in [0.5, 0.6) is 0 Å². The highest BCUT2D eigenvalue weighted by Crippen LogP contribution is 2.30. The molecule has 1 fully saturated rings. The molecule has 0 bridgehead atoms. The van der Waals surface area contributed by atoms with Crippen LogP contribution in [0.1, 0.15) is 27.2 Å². The van der Waals surface area contributed by atoms with Crippen LogP contribution in [0.3, 0.4) is 0 Å². The van der Waals surface area contributed by atoms with Crippen LogP contribution < -0.4 is 0 Å². The predicted molar refractivity (Wildman–Crippen MR) is 49.3 cm³/mol. The Labute approximate surface area is 79.4 Å². The van der Waals surface area contributed by atoms with E-state index in [1.807, 2.05) is 0 Å². The summed E-state index contributed by atoms with van der Waals surface area (Å²) in [6.07, 6.45) is 0.385. The van der Waals surface area contributed by atoms with E-state index < -0.39 is 0 Å². The summed E-state index contributed by atoms with van der Waals surface area (Å²) in [5.41, 5.74) is 0. The van der Waals surface area contributed by atoms with Crippen LogP contribution in [-0.4, -0.2) is 25.3 Å². The lowest BCUT2D eigenvalue weighted by molar-refractivity contribution is -0.208. The third kappa shape index (κ3) is 2.29. The van der Waals surface area contributed by atoms with Gasteiger partial charge in [-0.15, -0.1) is 0 Å². The lowest BCUT2D eigenvalue weighted by atomic mass is 9.84. The Hall–Kier alpha value is -0.410. The van der Waals surface area contributed by atoms with Gasteiger partial charge >= 0.3 is 0 Å². The zero-order chi connectivity index (χ0) is 10.0. The molecule has 1 heterocycles. The predicted octanol–water partition coefficient (Wildman–Crippen LogP) is 1.61. The van der Waals surface area contributed by atoms with Gasteiger partial charge in [0.1, 0.15) is 6.10 Å². The lowest BCUT2D eigenvalue weighted by Gasteiger charge is -2.37. The molecule has 3 heteroatoms. The maximum absolute atomic E-state index is 11.2. The maximum atomic E-state index is 11.2. The summed E-state index contributed by atoms with van der Waals surface area (Å²) in [7, 11) is 1.62. The van der Waals surface area contributed by atoms with Crippen molar-refractivity contribution in [2.24, 2.45) is 11.8 Å². The fraction of sp³-hybridized carbons (Fsp3) is 0.900. The van der Waals surface area contributed by atoms with Crippen molar-refractivity contribution in [3.05, 3.63) is 0 Å². The number of methoxy groups -OCH3 is 1. The second kappa shape index (κ2) is 4.20. The number of carbonyl (C=O) groups is 1. The molecule has 0 radical (unpaired) electrons. The molecule has 1 saturated heterocycles. The smallest absolute Gasteiger partial charge is 0.158 e. The average molecular weight is 186 g/mol. The lowest BCUT2D eigenvalue weighted by Crippen LogP contribution is -2.43. The van der Waals surface area contributed by atoms with Crippen molar-refractivity contribution < 1.29 is 14.3 Å². The van der Waals surface area contributed by atoms with Crippen LogP contribution in [0.4, 0.5) is 0 Å². The molecule has 0 spiro atoms. The molecule has 0 N–H and O–H groups in total. The van der Waals surface area contributed by atoms with Crippen molar-refractivity contribution in [2.45, 2.75) is 39.6 Å². The van der Waals surface area contributed by atoms with Crippen molar-refractivity contribution in [3.63, 3.8) is 0 Å². The van der Waals surface area contributed by atoms with E-state index in [2.05, 4.69) is 13.8 Å². The number of Topliss-reactive ketones (excluding diaryl/α,β-unsaturated/α-hetero) is 1. The Balaban J connectivity index is 2.66. The zero-order valence-electron chi connectivity index (χ0n) is 8.74. The van der Waals surface area contributed by atoms with Gasteiger partial charge in [0.2, 0.25) is 0 Å². The Morgan fingerprint density at radius 3 is 2.54 bits per heavy atom. The van der Waals surface area contributed by atoms with E-state index in [4.69, 9.17) is 9.47 Å². The van der Waals surface area contributed by atoms with Crippen LogP contribution in [0.2, 0.25) is 0 Å². The van der Waals surface area contributed by atoms with Crippen molar-refractivity contribution in [1.82, 2.24) is 0 Å². The van der Waals surface area contributed by atoms with Gasteiger partial charge in [0, 0.05) is 13.5 Å². The van der Waals surface area contributed by atoms with Gasteiger partial charge in [-0.25, -0.2) is 0 Å². The fourth-order valence-electron chi connectivity index (χ4n) is 1.78. The summed E-state index contributed by atoms with van der Waals surface area (Å²) >= 11 is 0. The van der Waals surface area contributed by atoms with Gasteiger partial charge in [0.05, 0.1) is 0 Å². The third-order valence-corrected chi connectivity index (χ3v) is 2.90. The second-order valence-corrected chi connectivity index (χ2v) is 3.90. The maximum Gasteiger partial charge on any atom is 0.158 e. The Bertz CT molecular complexity index is 191. The summed E-state index contributed by atoms with van der Waals surface area (Å²) in [6.45, 7) is 5.77. The molecule has 13 heavy (non-hydrogen) atoms. The molecular formula is C10H18O3. The molecular weight excluding hydrogens is 168 g/mol. The standard InChI is InChI=1S/C10H18O3/c1-6-5-9(12-4)13-10(7(6)2)8(3)11/h6-7,9-10H,5H2,1-4H3. The van der Waals surface area contributed by atoms with Gasteiger partial charge in [-0.2, -0.15) is 0 Å². The molecule has 0 aromatic carbocycles. The van der Waals surface area contributed by atoms with Gasteiger partial charge in [-0.3, -0.25) is 4.79 Å². The van der Waals surface area contributed by atoms with Gasteiger partial charge in [-0.05, 0) is 18.8 Å². The van der Waals surface area contributed by atoms with Gasteiger partial charge in [-0.1, -0.05) is 13.8 Å². The van der Waals surface area contributed by atoms with Gasteiger partial charge < -0.3 is 9.47 Å². The number of hydrogen-bond acceptors (Lipinski definition) is 3. The van der Waals surface area contributed by atoms with Crippen molar-refractivity contribution in [1.29, 1.82) is 0 Å². The van der Waals surface area contributed by atoms with E-state index in [-0.39, 0.29) is 18.2 Å². The van der Waals surface area contributed by atoms with Crippen LogP contribution in [0, 0.1) is 11.8 Å². The molecule has 0 aromatic heterocycles. The molecule has 0 amide bonds. The Morgan fingerprint density at radius 1 is 1.46 bits per heavy atom. The molecule has 1 aliphatic rings. The quantitative estimate of drug-likeness (QED) is 0.657. The Morgan fingerprint density at radius 2 is 2.08 bits per heavy atom. The molecule has 76 valence electrons. The molecule has 3 nitrogen and oxygen atoms in total. The number of rotatable bonds is 2. The largest absolute Gasteiger partial charge is 0.356 e. The van der Waals surface area contributed by atoms with Crippen molar-refractivity contribution in [2.75, 3.05) is 7.11 Å². The third-order valence-electron chi connectivity index (χ3n) is 2.90. The zero-order valence-corrected chi connectivity index (χ0v) is 8.74. The minimum Gasteiger partial charge on any atom is -0.356 e. The van der Waals surface area contributed by atoms with E-state index in [0.29, 0.717) is 11.8 Å². The fourth-order valence-corrected chi connectivity index (χ4v) is 1.78. The minimum atomic E-state index is -0.284. The molecule has 0 saturated carbocycles. The normalized spacial score (nSPS) is 40.3. The SMILES string of the molecule is COC1CC(C)C(C)C(C(C)=O)O1. The summed E-state index contributed by atoms with van der Waals surface area (Å²) in [5.74, 6) is 0.873. The Kier molecular flexibility index (Phi) is 3.45. The summed E-state index contributed by atoms with van der Waals surface area (Å²) < 4.78 is 10.6. The van der Waals surface area contributed by atoms with E-state index >= 15 is 0 Å². The first-order chi connectivity index (χ1) is 6.06. The van der Waals surface area contributed by atoms with Crippen LogP contribution in [-0.2, 0) is 14.3 Å². The molecule has 0 aromatic rings. The van der Waals surface area contributed by atoms with Crippen LogP contribution >= 0.6 is 0 Å². The number of ether oxygens (including phenoxy) is 2. The molecule has 0 aliphatic carbocycles. The van der Waals surface area contributed by atoms with E-state index in [9.17, 15) is 4.79 Å². The average Bonchev–Trinajstić information content (AvgIpc) is 2.09. The minimum absolute atomic E-state index is 0.0982.